The first kappa shape index (κ1) is 15.1. The van der Waals surface area contributed by atoms with E-state index in [9.17, 15) is 9.59 Å². The highest BCUT2D eigenvalue weighted by atomic mass is 16.5. The molecular weight excluding hydrogens is 322 g/mol. The van der Waals surface area contributed by atoms with E-state index < -0.39 is 0 Å². The number of nitrogens with zero attached hydrogens (tertiary/aromatic N) is 2. The second-order valence-corrected chi connectivity index (χ2v) is 7.63. The third kappa shape index (κ3) is 2.33. The minimum absolute atomic E-state index is 0.161. The molecule has 1 saturated carbocycles. The maximum absolute atomic E-state index is 12.3. The van der Waals surface area contributed by atoms with Gasteiger partial charge in [-0.2, -0.15) is 0 Å². The molecule has 3 aliphatic rings. The van der Waals surface area contributed by atoms with Crippen molar-refractivity contribution in [1.82, 2.24) is 14.6 Å². The molecule has 2 aliphatic heterocycles. The van der Waals surface area contributed by atoms with E-state index in [-0.39, 0.29) is 17.9 Å². The van der Waals surface area contributed by atoms with Crippen LogP contribution in [-0.2, 0) is 20.7 Å². The first-order chi connectivity index (χ1) is 12.0. The zero-order valence-electron chi connectivity index (χ0n) is 14.3. The van der Waals surface area contributed by atoms with Crippen molar-refractivity contribution in [1.29, 1.82) is 0 Å². The van der Waals surface area contributed by atoms with Gasteiger partial charge in [0, 0.05) is 28.9 Å². The zero-order valence-corrected chi connectivity index (χ0v) is 14.3. The topological polar surface area (TPSA) is 85.7 Å². The van der Waals surface area contributed by atoms with Crippen LogP contribution in [0.2, 0.25) is 0 Å². The van der Waals surface area contributed by atoms with Gasteiger partial charge in [-0.1, -0.05) is 0 Å². The predicted molar refractivity (Wildman–Crippen MR) is 88.3 cm³/mol. The number of nitrogens with one attached hydrogen (secondary N) is 1. The average Bonchev–Trinajstić information content (AvgIpc) is 2.98. The van der Waals surface area contributed by atoms with Crippen LogP contribution in [0.1, 0.15) is 29.8 Å². The first-order valence-corrected chi connectivity index (χ1v) is 8.90. The number of carbonyl (C=O) groups is 1. The number of aromatic amines is 1. The van der Waals surface area contributed by atoms with Gasteiger partial charge in [0.1, 0.15) is 0 Å². The van der Waals surface area contributed by atoms with Crippen LogP contribution in [0.25, 0.3) is 5.65 Å². The van der Waals surface area contributed by atoms with Gasteiger partial charge in [-0.05, 0) is 38.5 Å². The predicted octanol–water partition coefficient (Wildman–Crippen LogP) is 1.15. The fourth-order valence-corrected chi connectivity index (χ4v) is 4.74. The van der Waals surface area contributed by atoms with Crippen molar-refractivity contribution >= 4 is 11.6 Å². The molecule has 132 valence electrons. The summed E-state index contributed by atoms with van der Waals surface area (Å²) in [5.41, 5.74) is 2.72. The highest BCUT2D eigenvalue weighted by Crippen LogP contribution is 2.60. The second kappa shape index (κ2) is 5.17. The second-order valence-electron chi connectivity index (χ2n) is 7.63. The van der Waals surface area contributed by atoms with Crippen molar-refractivity contribution in [2.45, 2.75) is 45.3 Å². The zero-order chi connectivity index (χ0) is 17.3. The third-order valence-corrected chi connectivity index (χ3v) is 6.10. The highest BCUT2D eigenvalue weighted by molar-refractivity contribution is 5.73. The Balaban J connectivity index is 1.28. The van der Waals surface area contributed by atoms with E-state index in [1.165, 1.54) is 12.5 Å². The van der Waals surface area contributed by atoms with Crippen LogP contribution in [0.5, 0.6) is 0 Å². The molecule has 2 aromatic heterocycles. The van der Waals surface area contributed by atoms with Crippen molar-refractivity contribution in [3.63, 3.8) is 0 Å². The number of carbonyl (C=O) groups excluding carboxylic acids is 1. The smallest absolute Gasteiger partial charge is 0.310 e. The molecule has 25 heavy (non-hydrogen) atoms. The summed E-state index contributed by atoms with van der Waals surface area (Å²) in [4.78, 5) is 28.2. The minimum atomic E-state index is -0.253. The number of rotatable bonds is 4. The number of H-pyrrole nitrogens is 1. The van der Waals surface area contributed by atoms with E-state index >= 15 is 0 Å². The van der Waals surface area contributed by atoms with Gasteiger partial charge in [0.15, 0.2) is 5.65 Å². The molecule has 2 bridgehead atoms. The van der Waals surface area contributed by atoms with Crippen LogP contribution >= 0.6 is 0 Å². The fraction of sp³-hybridized carbons (Fsp3) is 0.611. The molecule has 5 rings (SSSR count). The number of ether oxygens (including phenoxy) is 2. The van der Waals surface area contributed by atoms with E-state index in [0.29, 0.717) is 36.3 Å². The van der Waals surface area contributed by atoms with E-state index in [1.807, 2.05) is 13.8 Å². The van der Waals surface area contributed by atoms with Crippen molar-refractivity contribution in [3.05, 3.63) is 33.4 Å². The molecule has 2 aromatic rings. The van der Waals surface area contributed by atoms with Crippen LogP contribution in [-0.4, -0.2) is 39.4 Å². The molecule has 0 unspecified atom stereocenters. The monoisotopic (exact) mass is 343 g/mol. The number of hydrogen-bond acceptors (Lipinski definition) is 5. The minimum Gasteiger partial charge on any atom is -0.465 e. The van der Waals surface area contributed by atoms with Gasteiger partial charge in [-0.25, -0.2) is 9.50 Å². The van der Waals surface area contributed by atoms with E-state index in [0.717, 1.165) is 29.3 Å². The van der Waals surface area contributed by atoms with Gasteiger partial charge >= 0.3 is 5.97 Å². The van der Waals surface area contributed by atoms with Gasteiger partial charge in [0.05, 0.1) is 25.2 Å². The SMILES string of the molecule is Cc1nc2cc(=O)[nH]n2c(C)c1CC(=O)OC[C@@H]1C[C@@H]2O[C@H]1[C@H]1C[C@H]12. The lowest BCUT2D eigenvalue weighted by atomic mass is 9.90. The Labute approximate surface area is 144 Å². The lowest BCUT2D eigenvalue weighted by Gasteiger charge is -2.18. The molecule has 1 N–H and O–H groups in total. The summed E-state index contributed by atoms with van der Waals surface area (Å²) in [6.45, 7) is 4.17. The molecule has 4 heterocycles. The molecule has 3 fully saturated rings. The van der Waals surface area contributed by atoms with Crippen molar-refractivity contribution in [2.75, 3.05) is 6.61 Å². The standard InChI is InChI=1S/C18H21N3O4/c1-8-11(9(2)21-15(19-8)6-16(22)20-21)5-17(23)24-7-10-3-14-12-4-13(12)18(10)25-14/h6,10,12-14,18H,3-5,7H2,1-2H3,(H,20,22)/t10-,12+,13-,14-,18+/m0/s1. The third-order valence-electron chi connectivity index (χ3n) is 6.10. The normalized spacial score (nSPS) is 32.2. The Kier molecular flexibility index (Phi) is 3.13. The Morgan fingerprint density at radius 1 is 1.40 bits per heavy atom. The molecule has 0 spiro atoms. The maximum atomic E-state index is 12.3. The number of aryl methyl sites for hydroxylation is 2. The Morgan fingerprint density at radius 2 is 2.24 bits per heavy atom. The van der Waals surface area contributed by atoms with Crippen molar-refractivity contribution in [3.8, 4) is 0 Å². The van der Waals surface area contributed by atoms with Crippen LogP contribution < -0.4 is 5.56 Å². The van der Waals surface area contributed by atoms with Gasteiger partial charge < -0.3 is 9.47 Å². The van der Waals surface area contributed by atoms with Crippen LogP contribution in [0, 0.1) is 31.6 Å². The van der Waals surface area contributed by atoms with E-state index in [4.69, 9.17) is 9.47 Å². The summed E-state index contributed by atoms with van der Waals surface area (Å²) in [5, 5.41) is 2.70. The van der Waals surface area contributed by atoms with E-state index in [2.05, 4.69) is 10.1 Å². The van der Waals surface area contributed by atoms with Crippen molar-refractivity contribution < 1.29 is 14.3 Å². The molecular formula is C18H21N3O4. The van der Waals surface area contributed by atoms with Crippen LogP contribution in [0.4, 0.5) is 0 Å². The number of fused-ring (bicyclic) bond motifs is 6. The average molecular weight is 343 g/mol. The molecule has 1 aliphatic carbocycles. The van der Waals surface area contributed by atoms with E-state index in [1.54, 1.807) is 4.52 Å². The van der Waals surface area contributed by atoms with Gasteiger partial charge in [-0.15, -0.1) is 0 Å². The van der Waals surface area contributed by atoms with Gasteiger partial charge in [0.25, 0.3) is 5.56 Å². The fourth-order valence-electron chi connectivity index (χ4n) is 4.74. The summed E-state index contributed by atoms with van der Waals surface area (Å²) >= 11 is 0. The number of esters is 1. The Bertz CT molecular complexity index is 930. The molecule has 2 saturated heterocycles. The summed E-state index contributed by atoms with van der Waals surface area (Å²) in [7, 11) is 0. The molecule has 7 heteroatoms. The lowest BCUT2D eigenvalue weighted by molar-refractivity contribution is -0.144. The molecule has 5 atom stereocenters. The largest absolute Gasteiger partial charge is 0.465 e. The maximum Gasteiger partial charge on any atom is 0.310 e. The summed E-state index contributed by atoms with van der Waals surface area (Å²) in [6.07, 6.45) is 3.18. The first-order valence-electron chi connectivity index (χ1n) is 8.90. The summed E-state index contributed by atoms with van der Waals surface area (Å²) in [6, 6.07) is 1.45. The number of aromatic nitrogens is 3. The Hall–Kier alpha value is -2.15. The molecule has 0 aromatic carbocycles. The lowest BCUT2D eigenvalue weighted by Crippen LogP contribution is -2.26. The van der Waals surface area contributed by atoms with Crippen molar-refractivity contribution in [2.24, 2.45) is 17.8 Å². The molecule has 0 radical (unpaired) electrons. The van der Waals surface area contributed by atoms with Crippen LogP contribution in [0.15, 0.2) is 10.9 Å². The summed E-state index contributed by atoms with van der Waals surface area (Å²) in [5.74, 6) is 1.59. The molecule has 7 nitrogen and oxygen atoms in total. The van der Waals surface area contributed by atoms with Crippen LogP contribution in [0.3, 0.4) is 0 Å². The highest BCUT2D eigenvalue weighted by Gasteiger charge is 2.62. The summed E-state index contributed by atoms with van der Waals surface area (Å²) < 4.78 is 13.1. The Morgan fingerprint density at radius 3 is 3.00 bits per heavy atom. The quantitative estimate of drug-likeness (QED) is 0.842. The number of hydrogen-bond donors (Lipinski definition) is 1. The molecule has 0 amide bonds. The van der Waals surface area contributed by atoms with Gasteiger partial charge in [-0.3, -0.25) is 14.7 Å². The van der Waals surface area contributed by atoms with Gasteiger partial charge in [0.2, 0.25) is 0 Å².